The van der Waals surface area contributed by atoms with E-state index in [-0.39, 0.29) is 5.69 Å². The molecule has 1 aromatic rings. The summed E-state index contributed by atoms with van der Waals surface area (Å²) in [6.07, 6.45) is -5.93. The van der Waals surface area contributed by atoms with Crippen molar-refractivity contribution in [2.75, 3.05) is 38.0 Å². The van der Waals surface area contributed by atoms with Gasteiger partial charge in [-0.15, -0.1) is 0 Å². The smallest absolute Gasteiger partial charge is 0.378 e. The molecule has 0 aliphatic carbocycles. The summed E-state index contributed by atoms with van der Waals surface area (Å²) in [7, 11) is 6.07. The number of carbonyl (C=O) groups is 1. The molecule has 21 heavy (non-hydrogen) atoms. The highest BCUT2D eigenvalue weighted by Crippen LogP contribution is 2.40. The summed E-state index contributed by atoms with van der Waals surface area (Å²) in [5.41, 5.74) is -0.329. The summed E-state index contributed by atoms with van der Waals surface area (Å²) in [4.78, 5) is 14.5. The number of nitrogens with zero attached hydrogens (tertiary/aromatic N) is 2. The lowest BCUT2D eigenvalue weighted by Gasteiger charge is -2.24. The van der Waals surface area contributed by atoms with Gasteiger partial charge in [0.15, 0.2) is 0 Å². The molecule has 0 radical (unpaired) electrons. The SMILES string of the molecule is CN(C)c1ccc(N(C)C)c(C(=O)C(F)(F)C(F)(F)F)c1. The van der Waals surface area contributed by atoms with Crippen LogP contribution in [0.25, 0.3) is 0 Å². The van der Waals surface area contributed by atoms with Gasteiger partial charge in [-0.2, -0.15) is 22.0 Å². The Balaban J connectivity index is 3.46. The van der Waals surface area contributed by atoms with Gasteiger partial charge in [-0.3, -0.25) is 4.79 Å². The molecule has 0 fully saturated rings. The zero-order chi connectivity index (χ0) is 16.6. The molecule has 0 heterocycles. The predicted octanol–water partition coefficient (Wildman–Crippen LogP) is 3.20. The molecule has 0 aliphatic rings. The molecule has 3 nitrogen and oxygen atoms in total. The second-order valence-corrected chi connectivity index (χ2v) is 4.89. The third kappa shape index (κ3) is 3.25. The van der Waals surface area contributed by atoms with E-state index < -0.39 is 23.4 Å². The van der Waals surface area contributed by atoms with Crippen molar-refractivity contribution < 1.29 is 26.7 Å². The van der Waals surface area contributed by atoms with Crippen molar-refractivity contribution in [3.63, 3.8) is 0 Å². The van der Waals surface area contributed by atoms with Crippen LogP contribution in [0.1, 0.15) is 10.4 Å². The van der Waals surface area contributed by atoms with Crippen LogP contribution < -0.4 is 9.80 Å². The number of Topliss-reactive ketones (excluding diaryl/α,β-unsaturated/α-hetero) is 1. The van der Waals surface area contributed by atoms with Gasteiger partial charge in [0, 0.05) is 45.1 Å². The van der Waals surface area contributed by atoms with E-state index in [0.717, 1.165) is 6.07 Å². The Hall–Kier alpha value is -1.86. The van der Waals surface area contributed by atoms with E-state index in [0.29, 0.717) is 5.69 Å². The first kappa shape index (κ1) is 17.2. The number of halogens is 5. The maximum atomic E-state index is 13.3. The van der Waals surface area contributed by atoms with Crippen molar-refractivity contribution in [2.45, 2.75) is 12.1 Å². The van der Waals surface area contributed by atoms with E-state index >= 15 is 0 Å². The van der Waals surface area contributed by atoms with Crippen LogP contribution in [0.4, 0.5) is 33.3 Å². The third-order valence-corrected chi connectivity index (χ3v) is 2.86. The van der Waals surface area contributed by atoms with E-state index in [9.17, 15) is 26.7 Å². The number of rotatable bonds is 4. The van der Waals surface area contributed by atoms with Crippen LogP contribution in [0.5, 0.6) is 0 Å². The van der Waals surface area contributed by atoms with Crippen molar-refractivity contribution in [1.82, 2.24) is 0 Å². The number of ketones is 1. The largest absolute Gasteiger partial charge is 0.461 e. The predicted molar refractivity (Wildman–Crippen MR) is 70.4 cm³/mol. The monoisotopic (exact) mass is 310 g/mol. The maximum Gasteiger partial charge on any atom is 0.461 e. The Morgan fingerprint density at radius 1 is 0.952 bits per heavy atom. The highest BCUT2D eigenvalue weighted by Gasteiger charge is 2.63. The minimum atomic E-state index is -5.93. The van der Waals surface area contributed by atoms with Crippen LogP contribution >= 0.6 is 0 Å². The molecule has 0 unspecified atom stereocenters. The molecule has 1 rings (SSSR count). The summed E-state index contributed by atoms with van der Waals surface area (Å²) < 4.78 is 63.7. The molecule has 0 aromatic heterocycles. The quantitative estimate of drug-likeness (QED) is 0.630. The Morgan fingerprint density at radius 2 is 1.48 bits per heavy atom. The lowest BCUT2D eigenvalue weighted by Crippen LogP contribution is -2.44. The standard InChI is InChI=1S/C13H15F5N2O/c1-19(2)8-5-6-10(20(3)4)9(7-8)11(21)12(14,15)13(16,17)18/h5-7H,1-4H3. The second-order valence-electron chi connectivity index (χ2n) is 4.89. The van der Waals surface area contributed by atoms with E-state index in [1.807, 2.05) is 0 Å². The normalized spacial score (nSPS) is 12.2. The minimum absolute atomic E-state index is 0.00507. The molecule has 0 spiro atoms. The highest BCUT2D eigenvalue weighted by atomic mass is 19.4. The molecule has 8 heteroatoms. The summed E-state index contributed by atoms with van der Waals surface area (Å²) in [6, 6.07) is 3.88. The van der Waals surface area contributed by atoms with Gasteiger partial charge in [0.2, 0.25) is 5.78 Å². The first-order valence-corrected chi connectivity index (χ1v) is 5.87. The van der Waals surface area contributed by atoms with E-state index in [1.165, 1.54) is 36.0 Å². The van der Waals surface area contributed by atoms with Gasteiger partial charge in [0.25, 0.3) is 0 Å². The van der Waals surface area contributed by atoms with Crippen molar-refractivity contribution in [1.29, 1.82) is 0 Å². The van der Waals surface area contributed by atoms with Gasteiger partial charge in [-0.05, 0) is 18.2 Å². The first-order chi connectivity index (χ1) is 9.39. The van der Waals surface area contributed by atoms with Crippen LogP contribution in [-0.4, -0.2) is 46.1 Å². The van der Waals surface area contributed by atoms with Gasteiger partial charge < -0.3 is 9.80 Å². The molecule has 0 saturated carbocycles. The molecule has 1 aromatic carbocycles. The van der Waals surface area contributed by atoms with Crippen molar-refractivity contribution in [3.8, 4) is 0 Å². The molecular weight excluding hydrogens is 295 g/mol. The van der Waals surface area contributed by atoms with Crippen LogP contribution in [0.15, 0.2) is 18.2 Å². The zero-order valence-corrected chi connectivity index (χ0v) is 11.9. The molecule has 0 atom stereocenters. The van der Waals surface area contributed by atoms with Crippen LogP contribution in [-0.2, 0) is 0 Å². The van der Waals surface area contributed by atoms with Gasteiger partial charge >= 0.3 is 12.1 Å². The average molecular weight is 310 g/mol. The van der Waals surface area contributed by atoms with Gasteiger partial charge in [0.05, 0.1) is 0 Å². The Kier molecular flexibility index (Phi) is 4.50. The number of benzene rings is 1. The van der Waals surface area contributed by atoms with Crippen molar-refractivity contribution in [3.05, 3.63) is 23.8 Å². The van der Waals surface area contributed by atoms with E-state index in [2.05, 4.69) is 0 Å². The molecule has 0 saturated heterocycles. The molecular formula is C13H15F5N2O. The average Bonchev–Trinajstić information content (AvgIpc) is 2.35. The van der Waals surface area contributed by atoms with E-state index in [1.54, 1.807) is 14.1 Å². The fraction of sp³-hybridized carbons (Fsp3) is 0.462. The number of carbonyl (C=O) groups excluding carboxylic acids is 1. The number of hydrogen-bond acceptors (Lipinski definition) is 3. The highest BCUT2D eigenvalue weighted by molar-refractivity contribution is 6.07. The van der Waals surface area contributed by atoms with Crippen molar-refractivity contribution >= 4 is 17.2 Å². The molecule has 0 amide bonds. The van der Waals surface area contributed by atoms with Crippen LogP contribution in [0.3, 0.4) is 0 Å². The summed E-state index contributed by atoms with van der Waals surface area (Å²) in [5, 5.41) is 0. The first-order valence-electron chi connectivity index (χ1n) is 5.87. The summed E-state index contributed by atoms with van der Waals surface area (Å²) >= 11 is 0. The zero-order valence-electron chi connectivity index (χ0n) is 11.9. The van der Waals surface area contributed by atoms with E-state index in [4.69, 9.17) is 0 Å². The maximum absolute atomic E-state index is 13.3. The van der Waals surface area contributed by atoms with Gasteiger partial charge in [0.1, 0.15) is 0 Å². The summed E-state index contributed by atoms with van der Waals surface area (Å²) in [5.74, 6) is -7.69. The number of hydrogen-bond donors (Lipinski definition) is 0. The second kappa shape index (κ2) is 5.50. The lowest BCUT2D eigenvalue weighted by atomic mass is 10.0. The Labute approximate surface area is 118 Å². The molecule has 118 valence electrons. The number of alkyl halides is 5. The molecule has 0 bridgehead atoms. The van der Waals surface area contributed by atoms with Crippen LogP contribution in [0.2, 0.25) is 0 Å². The Morgan fingerprint density at radius 3 is 1.86 bits per heavy atom. The summed E-state index contributed by atoms with van der Waals surface area (Å²) in [6.45, 7) is 0. The Bertz CT molecular complexity index is 538. The fourth-order valence-electron chi connectivity index (χ4n) is 1.67. The topological polar surface area (TPSA) is 23.6 Å². The molecule has 0 aliphatic heterocycles. The van der Waals surface area contributed by atoms with Gasteiger partial charge in [-0.25, -0.2) is 0 Å². The third-order valence-electron chi connectivity index (χ3n) is 2.86. The fourth-order valence-corrected chi connectivity index (χ4v) is 1.67. The van der Waals surface area contributed by atoms with Gasteiger partial charge in [-0.1, -0.05) is 0 Å². The lowest BCUT2D eigenvalue weighted by molar-refractivity contribution is -0.255. The van der Waals surface area contributed by atoms with Crippen molar-refractivity contribution in [2.24, 2.45) is 0 Å². The number of anilines is 2. The minimum Gasteiger partial charge on any atom is -0.378 e. The molecule has 0 N–H and O–H groups in total. The van der Waals surface area contributed by atoms with Crippen LogP contribution in [0, 0.1) is 0 Å².